The maximum absolute atomic E-state index is 11.6. The Balaban J connectivity index is 4.48. The number of carbonyl (C=O) groups is 3. The Kier molecular flexibility index (Phi) is 6.20. The largest absolute Gasteiger partial charge is 0.478 e. The van der Waals surface area contributed by atoms with Crippen molar-refractivity contribution in [3.63, 3.8) is 0 Å². The van der Waals surface area contributed by atoms with Gasteiger partial charge in [-0.3, -0.25) is 10.1 Å². The molecule has 0 bridgehead atoms. The number of rotatable bonds is 5. The molecule has 0 aromatic rings. The van der Waals surface area contributed by atoms with Gasteiger partial charge >= 0.3 is 12.0 Å². The minimum Gasteiger partial charge on any atom is -0.478 e. The molecule has 3 amide bonds. The number of carboxylic acid groups (broad SMARTS) is 1. The minimum atomic E-state index is -1.20. The normalized spacial score (nSPS) is 12.5. The third kappa shape index (κ3) is 6.01. The van der Waals surface area contributed by atoms with Crippen LogP contribution in [0.4, 0.5) is 4.79 Å². The number of hydrogen-bond acceptors (Lipinski definition) is 4. The van der Waals surface area contributed by atoms with Gasteiger partial charge in [0, 0.05) is 24.8 Å². The molecular formula is C12H20N2O5. The summed E-state index contributed by atoms with van der Waals surface area (Å²) in [5.74, 6) is -1.94. The van der Waals surface area contributed by atoms with Crippen LogP contribution in [0.15, 0.2) is 11.1 Å². The fourth-order valence-electron chi connectivity index (χ4n) is 0.937. The van der Waals surface area contributed by atoms with Crippen molar-refractivity contribution in [1.82, 2.24) is 10.6 Å². The number of carboxylic acids is 1. The van der Waals surface area contributed by atoms with Crippen LogP contribution >= 0.6 is 0 Å². The lowest BCUT2D eigenvalue weighted by Crippen LogP contribution is -2.46. The van der Waals surface area contributed by atoms with Gasteiger partial charge < -0.3 is 15.2 Å². The lowest BCUT2D eigenvalue weighted by Gasteiger charge is -2.23. The molecule has 0 spiro atoms. The highest BCUT2D eigenvalue weighted by atomic mass is 16.5. The molecule has 0 radical (unpaired) electrons. The van der Waals surface area contributed by atoms with Crippen LogP contribution in [0.2, 0.25) is 0 Å². The molecule has 19 heavy (non-hydrogen) atoms. The second-order valence-electron chi connectivity index (χ2n) is 4.66. The van der Waals surface area contributed by atoms with Gasteiger partial charge in [0.25, 0.3) is 5.91 Å². The van der Waals surface area contributed by atoms with Crippen molar-refractivity contribution >= 4 is 17.9 Å². The summed E-state index contributed by atoms with van der Waals surface area (Å²) >= 11 is 0. The molecule has 0 heterocycles. The zero-order chi connectivity index (χ0) is 15.2. The van der Waals surface area contributed by atoms with Crippen molar-refractivity contribution in [1.29, 1.82) is 0 Å². The molecule has 0 fully saturated rings. The monoisotopic (exact) mass is 272 g/mol. The molecule has 0 unspecified atom stereocenters. The van der Waals surface area contributed by atoms with E-state index >= 15 is 0 Å². The number of ether oxygens (including phenoxy) is 1. The summed E-state index contributed by atoms with van der Waals surface area (Å²) in [5, 5.41) is 13.2. The van der Waals surface area contributed by atoms with Crippen molar-refractivity contribution in [2.24, 2.45) is 0 Å². The summed E-state index contributed by atoms with van der Waals surface area (Å²) < 4.78 is 5.10. The van der Waals surface area contributed by atoms with Gasteiger partial charge in [-0.1, -0.05) is 0 Å². The van der Waals surface area contributed by atoms with Crippen LogP contribution in [0.3, 0.4) is 0 Å². The smallest absolute Gasteiger partial charge is 0.331 e. The van der Waals surface area contributed by atoms with Crippen LogP contribution in [-0.4, -0.2) is 42.3 Å². The summed E-state index contributed by atoms with van der Waals surface area (Å²) in [4.78, 5) is 33.7. The maximum Gasteiger partial charge on any atom is 0.331 e. The van der Waals surface area contributed by atoms with Crippen LogP contribution < -0.4 is 10.6 Å². The lowest BCUT2D eigenvalue weighted by atomic mass is 10.1. The highest BCUT2D eigenvalue weighted by Crippen LogP contribution is 2.05. The summed E-state index contributed by atoms with van der Waals surface area (Å²) in [6, 6.07) is -0.701. The topological polar surface area (TPSA) is 105 Å². The first-order valence-electron chi connectivity index (χ1n) is 5.66. The number of hydrogen-bond donors (Lipinski definition) is 3. The number of urea groups is 1. The van der Waals surface area contributed by atoms with Crippen molar-refractivity contribution in [2.75, 3.05) is 13.7 Å². The Morgan fingerprint density at radius 3 is 2.11 bits per heavy atom. The maximum atomic E-state index is 11.6. The van der Waals surface area contributed by atoms with Crippen molar-refractivity contribution in [3.05, 3.63) is 11.1 Å². The van der Waals surface area contributed by atoms with Crippen LogP contribution in [0, 0.1) is 0 Å². The van der Waals surface area contributed by atoms with Crippen molar-refractivity contribution in [3.8, 4) is 0 Å². The van der Waals surface area contributed by atoms with E-state index in [1.807, 2.05) is 5.32 Å². The molecule has 0 aromatic heterocycles. The van der Waals surface area contributed by atoms with E-state index in [1.165, 1.54) is 21.0 Å². The Labute approximate surface area is 112 Å². The second kappa shape index (κ2) is 6.89. The average Bonchev–Trinajstić information content (AvgIpc) is 2.34. The highest BCUT2D eigenvalue weighted by Gasteiger charge is 2.19. The number of carbonyl (C=O) groups excluding carboxylic acids is 2. The van der Waals surface area contributed by atoms with Gasteiger partial charge in [0.1, 0.15) is 0 Å². The van der Waals surface area contributed by atoms with Crippen molar-refractivity contribution in [2.45, 2.75) is 33.3 Å². The van der Waals surface area contributed by atoms with E-state index in [0.717, 1.165) is 0 Å². The van der Waals surface area contributed by atoms with E-state index in [-0.39, 0.29) is 17.7 Å². The molecule has 0 aliphatic carbocycles. The number of nitrogens with one attached hydrogen (secondary N) is 2. The van der Waals surface area contributed by atoms with Crippen LogP contribution in [0.5, 0.6) is 0 Å². The predicted octanol–water partition coefficient (Wildman–Crippen LogP) is 0.658. The fraction of sp³-hybridized carbons (Fsp3) is 0.583. The number of methoxy groups -OCH3 is 1. The van der Waals surface area contributed by atoms with Crippen LogP contribution in [0.1, 0.15) is 27.7 Å². The molecule has 0 saturated carbocycles. The van der Waals surface area contributed by atoms with E-state index < -0.39 is 23.5 Å². The molecule has 0 aliphatic rings. The van der Waals surface area contributed by atoms with E-state index in [1.54, 1.807) is 13.8 Å². The van der Waals surface area contributed by atoms with E-state index in [9.17, 15) is 14.4 Å². The third-order valence-corrected chi connectivity index (χ3v) is 2.68. The van der Waals surface area contributed by atoms with Gasteiger partial charge in [0.15, 0.2) is 0 Å². The van der Waals surface area contributed by atoms with E-state index in [0.29, 0.717) is 0 Å². The van der Waals surface area contributed by atoms with Gasteiger partial charge in [-0.15, -0.1) is 0 Å². The van der Waals surface area contributed by atoms with Gasteiger partial charge in [-0.05, 0) is 27.7 Å². The SMILES string of the molecule is COC(C)(C)CNC(=O)NC(=O)C(C)=C(C)C(=O)O. The Morgan fingerprint density at radius 2 is 1.68 bits per heavy atom. The van der Waals surface area contributed by atoms with Crippen LogP contribution in [-0.2, 0) is 14.3 Å². The van der Waals surface area contributed by atoms with Crippen molar-refractivity contribution < 1.29 is 24.2 Å². The summed E-state index contributed by atoms with van der Waals surface area (Å²) in [5.41, 5.74) is -0.682. The molecular weight excluding hydrogens is 252 g/mol. The fourth-order valence-corrected chi connectivity index (χ4v) is 0.937. The molecule has 3 N–H and O–H groups in total. The summed E-state index contributed by atoms with van der Waals surface area (Å²) in [6.07, 6.45) is 0. The lowest BCUT2D eigenvalue weighted by molar-refractivity contribution is -0.133. The first kappa shape index (κ1) is 17.1. The summed E-state index contributed by atoms with van der Waals surface area (Å²) in [6.45, 7) is 6.39. The zero-order valence-corrected chi connectivity index (χ0v) is 11.8. The molecule has 7 nitrogen and oxygen atoms in total. The van der Waals surface area contributed by atoms with Gasteiger partial charge in [-0.2, -0.15) is 0 Å². The first-order valence-corrected chi connectivity index (χ1v) is 5.66. The Bertz CT molecular complexity index is 412. The molecule has 0 atom stereocenters. The molecule has 108 valence electrons. The minimum absolute atomic E-state index is 0.0198. The highest BCUT2D eigenvalue weighted by molar-refractivity contribution is 6.07. The molecule has 7 heteroatoms. The molecule has 0 aliphatic heterocycles. The number of amides is 3. The Hall–Kier alpha value is -1.89. The van der Waals surface area contributed by atoms with Gasteiger partial charge in [0.2, 0.25) is 0 Å². The summed E-state index contributed by atoms with van der Waals surface area (Å²) in [7, 11) is 1.51. The van der Waals surface area contributed by atoms with Gasteiger partial charge in [0.05, 0.1) is 5.60 Å². The third-order valence-electron chi connectivity index (χ3n) is 2.68. The first-order chi connectivity index (χ1) is 8.60. The number of imide groups is 1. The number of aliphatic carboxylic acids is 1. The Morgan fingerprint density at radius 1 is 1.16 bits per heavy atom. The second-order valence-corrected chi connectivity index (χ2v) is 4.66. The average molecular weight is 272 g/mol. The van der Waals surface area contributed by atoms with Crippen LogP contribution in [0.25, 0.3) is 0 Å². The van der Waals surface area contributed by atoms with E-state index in [4.69, 9.17) is 9.84 Å². The molecule has 0 aromatic carbocycles. The zero-order valence-electron chi connectivity index (χ0n) is 11.8. The molecule has 0 saturated heterocycles. The van der Waals surface area contributed by atoms with E-state index in [2.05, 4.69) is 5.32 Å². The molecule has 0 rings (SSSR count). The predicted molar refractivity (Wildman–Crippen MR) is 68.6 cm³/mol. The van der Waals surface area contributed by atoms with Gasteiger partial charge in [-0.25, -0.2) is 9.59 Å². The standard InChI is InChI=1S/C12H20N2O5/c1-7(8(2)10(16)17)9(15)14-11(18)13-6-12(3,4)19-5/h6H2,1-5H3,(H,16,17)(H2,13,14,15,18). The quantitative estimate of drug-likeness (QED) is 0.638.